The van der Waals surface area contributed by atoms with E-state index in [0.717, 1.165) is 0 Å². The summed E-state index contributed by atoms with van der Waals surface area (Å²) in [7, 11) is 0. The highest BCUT2D eigenvalue weighted by molar-refractivity contribution is 5.99. The second kappa shape index (κ2) is 12.0. The lowest BCUT2D eigenvalue weighted by atomic mass is 10.0. The highest BCUT2D eigenvalue weighted by Gasteiger charge is 2.11. The highest BCUT2D eigenvalue weighted by atomic mass is 16.3. The van der Waals surface area contributed by atoms with Crippen LogP contribution < -0.4 is 0 Å². The first kappa shape index (κ1) is 25.4. The van der Waals surface area contributed by atoms with Gasteiger partial charge in [-0.15, -0.1) is 0 Å². The minimum absolute atomic E-state index is 0. The summed E-state index contributed by atoms with van der Waals surface area (Å²) in [5.74, 6) is -0.493. The van der Waals surface area contributed by atoms with E-state index in [1.807, 2.05) is 0 Å². The standard InChI is InChI=1S/2C6H10O2.2CH4/c2*1-4(5(2)7)6(3)8;;/h7H,1-3H3;4H,1-3H3;2*1H4/b5-4-;;;. The Morgan fingerprint density at radius 2 is 1.11 bits per heavy atom. The molecule has 0 aliphatic carbocycles. The van der Waals surface area contributed by atoms with Crippen molar-refractivity contribution in [2.75, 3.05) is 0 Å². The average molecular weight is 260 g/mol. The molecule has 0 saturated carbocycles. The summed E-state index contributed by atoms with van der Waals surface area (Å²) in [6.07, 6.45) is 0. The number of aliphatic hydroxyl groups excluding tert-OH is 1. The van der Waals surface area contributed by atoms with Crippen LogP contribution in [0, 0.1) is 5.92 Å². The van der Waals surface area contributed by atoms with Crippen LogP contribution in [0.5, 0.6) is 0 Å². The molecule has 0 fully saturated rings. The van der Waals surface area contributed by atoms with Gasteiger partial charge in [-0.25, -0.2) is 0 Å². The molecule has 108 valence electrons. The number of hydrogen-bond acceptors (Lipinski definition) is 4. The Morgan fingerprint density at radius 3 is 1.11 bits per heavy atom. The van der Waals surface area contributed by atoms with E-state index in [0.29, 0.717) is 5.57 Å². The Bertz CT molecular complexity index is 296. The lowest BCUT2D eigenvalue weighted by Crippen LogP contribution is -2.14. The zero-order chi connectivity index (χ0) is 13.5. The molecule has 0 radical (unpaired) electrons. The molecule has 4 heteroatoms. The van der Waals surface area contributed by atoms with E-state index in [1.165, 1.54) is 27.7 Å². The maximum atomic E-state index is 10.4. The first-order valence-corrected chi connectivity index (χ1v) is 4.99. The number of carbonyl (C=O) groups is 3. The Hall–Kier alpha value is -1.45. The average Bonchev–Trinajstić information content (AvgIpc) is 2.15. The Labute approximate surface area is 111 Å². The number of ketones is 3. The van der Waals surface area contributed by atoms with Crippen molar-refractivity contribution in [2.24, 2.45) is 5.92 Å². The molecule has 0 heterocycles. The molecule has 0 rings (SSSR count). The topological polar surface area (TPSA) is 71.4 Å². The molecule has 18 heavy (non-hydrogen) atoms. The molecule has 0 aromatic rings. The molecule has 0 aromatic carbocycles. The van der Waals surface area contributed by atoms with E-state index >= 15 is 0 Å². The monoisotopic (exact) mass is 260 g/mol. The second-order valence-corrected chi connectivity index (χ2v) is 3.71. The van der Waals surface area contributed by atoms with Gasteiger partial charge in [0.15, 0.2) is 5.78 Å². The summed E-state index contributed by atoms with van der Waals surface area (Å²) >= 11 is 0. The number of rotatable bonds is 3. The van der Waals surface area contributed by atoms with Gasteiger partial charge in [-0.3, -0.25) is 14.4 Å². The number of Topliss-reactive ketones (excluding diaryl/α,β-unsaturated/α-hetero) is 3. The van der Waals surface area contributed by atoms with Gasteiger partial charge in [0, 0.05) is 5.57 Å². The maximum absolute atomic E-state index is 10.4. The number of hydrogen-bond donors (Lipinski definition) is 1. The predicted molar refractivity (Wildman–Crippen MR) is 75.7 cm³/mol. The zero-order valence-electron chi connectivity index (χ0n) is 10.7. The van der Waals surface area contributed by atoms with Crippen LogP contribution in [-0.4, -0.2) is 22.5 Å². The fraction of sp³-hybridized carbons (Fsp3) is 0.643. The van der Waals surface area contributed by atoms with Crippen molar-refractivity contribution in [2.45, 2.75) is 56.4 Å². The van der Waals surface area contributed by atoms with Crippen LogP contribution in [0.25, 0.3) is 0 Å². The minimum Gasteiger partial charge on any atom is -0.512 e. The molecule has 0 aromatic heterocycles. The van der Waals surface area contributed by atoms with E-state index in [2.05, 4.69) is 0 Å². The van der Waals surface area contributed by atoms with Crippen molar-refractivity contribution in [1.29, 1.82) is 0 Å². The normalized spacial score (nSPS) is 9.94. The summed E-state index contributed by atoms with van der Waals surface area (Å²) in [6, 6.07) is 0. The molecule has 0 spiro atoms. The van der Waals surface area contributed by atoms with Crippen LogP contribution in [0.2, 0.25) is 0 Å². The summed E-state index contributed by atoms with van der Waals surface area (Å²) in [4.78, 5) is 31.1. The molecule has 4 nitrogen and oxygen atoms in total. The van der Waals surface area contributed by atoms with Crippen LogP contribution in [0.1, 0.15) is 56.4 Å². The SMILES string of the molecule is C.C.CC(=O)/C(C)=C(/C)O.CC(=O)C(C)C(C)=O. The molecule has 0 aliphatic rings. The summed E-state index contributed by atoms with van der Waals surface area (Å²) < 4.78 is 0. The maximum Gasteiger partial charge on any atom is 0.158 e. The fourth-order valence-electron chi connectivity index (χ4n) is 0.541. The van der Waals surface area contributed by atoms with Gasteiger partial charge in [-0.2, -0.15) is 0 Å². The molecule has 0 atom stereocenters. The molecule has 0 unspecified atom stereocenters. The van der Waals surface area contributed by atoms with Gasteiger partial charge >= 0.3 is 0 Å². The molecule has 0 saturated heterocycles. The quantitative estimate of drug-likeness (QED) is 0.479. The second-order valence-electron chi connectivity index (χ2n) is 3.71. The van der Waals surface area contributed by atoms with Crippen molar-refractivity contribution in [3.63, 3.8) is 0 Å². The molecule has 0 bridgehead atoms. The van der Waals surface area contributed by atoms with Crippen molar-refractivity contribution in [3.8, 4) is 0 Å². The van der Waals surface area contributed by atoms with Crippen LogP contribution in [-0.2, 0) is 14.4 Å². The predicted octanol–water partition coefficient (Wildman–Crippen LogP) is 3.50. The van der Waals surface area contributed by atoms with Crippen LogP contribution in [0.4, 0.5) is 0 Å². The summed E-state index contributed by atoms with van der Waals surface area (Å²) in [5, 5.41) is 8.65. The van der Waals surface area contributed by atoms with Crippen LogP contribution >= 0.6 is 0 Å². The van der Waals surface area contributed by atoms with Gasteiger partial charge in [0.2, 0.25) is 0 Å². The van der Waals surface area contributed by atoms with Gasteiger partial charge in [0.25, 0.3) is 0 Å². The van der Waals surface area contributed by atoms with E-state index in [1.54, 1.807) is 13.8 Å². The van der Waals surface area contributed by atoms with Gasteiger partial charge in [-0.1, -0.05) is 14.9 Å². The highest BCUT2D eigenvalue weighted by Crippen LogP contribution is 1.98. The molecular weight excluding hydrogens is 232 g/mol. The number of carbonyl (C=O) groups excluding carboxylic acids is 3. The molecule has 0 amide bonds. The van der Waals surface area contributed by atoms with E-state index in [9.17, 15) is 14.4 Å². The van der Waals surface area contributed by atoms with Gasteiger partial charge < -0.3 is 5.11 Å². The number of allylic oxidation sites excluding steroid dienone is 2. The minimum atomic E-state index is -0.407. The fourth-order valence-corrected chi connectivity index (χ4v) is 0.541. The van der Waals surface area contributed by atoms with E-state index in [4.69, 9.17) is 5.11 Å². The van der Waals surface area contributed by atoms with Crippen LogP contribution in [0.3, 0.4) is 0 Å². The van der Waals surface area contributed by atoms with E-state index in [-0.39, 0.29) is 38.0 Å². The first-order valence-electron chi connectivity index (χ1n) is 4.99. The lowest BCUT2D eigenvalue weighted by Gasteiger charge is -1.97. The zero-order valence-corrected chi connectivity index (χ0v) is 10.7. The Balaban J connectivity index is -0.0000000980. The summed E-state index contributed by atoms with van der Waals surface area (Å²) in [6.45, 7) is 8.98. The number of aliphatic hydroxyl groups is 1. The van der Waals surface area contributed by atoms with Gasteiger partial charge in [0.05, 0.1) is 11.7 Å². The molecule has 1 N–H and O–H groups in total. The smallest absolute Gasteiger partial charge is 0.158 e. The third kappa shape index (κ3) is 12.6. The van der Waals surface area contributed by atoms with Crippen molar-refractivity contribution < 1.29 is 19.5 Å². The first-order chi connectivity index (χ1) is 7.11. The van der Waals surface area contributed by atoms with Crippen LogP contribution in [0.15, 0.2) is 11.3 Å². The third-order valence-corrected chi connectivity index (χ3v) is 2.29. The largest absolute Gasteiger partial charge is 0.512 e. The Kier molecular flexibility index (Phi) is 17.0. The lowest BCUT2D eigenvalue weighted by molar-refractivity contribution is -0.129. The van der Waals surface area contributed by atoms with Crippen molar-refractivity contribution in [1.82, 2.24) is 0 Å². The van der Waals surface area contributed by atoms with E-state index < -0.39 is 5.92 Å². The van der Waals surface area contributed by atoms with Gasteiger partial charge in [0.1, 0.15) is 11.6 Å². The van der Waals surface area contributed by atoms with Crippen molar-refractivity contribution in [3.05, 3.63) is 11.3 Å². The summed E-state index contributed by atoms with van der Waals surface area (Å²) in [5.41, 5.74) is 0.435. The van der Waals surface area contributed by atoms with Crippen molar-refractivity contribution >= 4 is 17.3 Å². The molecular formula is C14H28O4. The Morgan fingerprint density at radius 1 is 0.833 bits per heavy atom. The third-order valence-electron chi connectivity index (χ3n) is 2.29. The molecule has 0 aliphatic heterocycles. The van der Waals surface area contributed by atoms with Gasteiger partial charge in [-0.05, 0) is 41.5 Å².